The molecule has 0 saturated carbocycles. The quantitative estimate of drug-likeness (QED) is 0.293. The monoisotopic (exact) mass is 505 g/mol. The Kier molecular flexibility index (Phi) is 10.8. The van der Waals surface area contributed by atoms with Crippen molar-refractivity contribution in [2.75, 3.05) is 19.7 Å². The third-order valence-electron chi connectivity index (χ3n) is 3.75. The Morgan fingerprint density at radius 3 is 2.50 bits per heavy atom. The zero-order valence-electron chi connectivity index (χ0n) is 15.9. The van der Waals surface area contributed by atoms with Gasteiger partial charge in [-0.25, -0.2) is 13.8 Å². The van der Waals surface area contributed by atoms with Crippen molar-refractivity contribution in [3.8, 4) is 5.75 Å². The third kappa shape index (κ3) is 8.39. The van der Waals surface area contributed by atoms with Crippen molar-refractivity contribution in [1.82, 2.24) is 10.6 Å². The molecule has 1 unspecified atom stereocenters. The van der Waals surface area contributed by atoms with Crippen LogP contribution in [-0.2, 0) is 6.54 Å². The summed E-state index contributed by atoms with van der Waals surface area (Å²) in [6.07, 6.45) is -0.771. The first-order valence-corrected chi connectivity index (χ1v) is 8.81. The second-order valence-corrected chi connectivity index (χ2v) is 6.08. The maximum atomic E-state index is 13.3. The fourth-order valence-electron chi connectivity index (χ4n) is 2.31. The Balaban J connectivity index is 0.00000392. The molecule has 0 aliphatic carbocycles. The molecule has 154 valence electrons. The highest BCUT2D eigenvalue weighted by molar-refractivity contribution is 14.0. The van der Waals surface area contributed by atoms with Gasteiger partial charge in [0, 0.05) is 13.1 Å². The second kappa shape index (κ2) is 12.5. The van der Waals surface area contributed by atoms with E-state index in [0.717, 1.165) is 5.56 Å². The van der Waals surface area contributed by atoms with Crippen LogP contribution < -0.4 is 15.4 Å². The molecule has 2 aromatic carbocycles. The number of nitrogens with one attached hydrogen (secondary N) is 2. The summed E-state index contributed by atoms with van der Waals surface area (Å²) in [7, 11) is 0. The maximum Gasteiger partial charge on any atom is 0.191 e. The first-order valence-electron chi connectivity index (χ1n) is 8.81. The van der Waals surface area contributed by atoms with E-state index in [9.17, 15) is 13.9 Å². The van der Waals surface area contributed by atoms with Crippen LogP contribution in [-0.4, -0.2) is 36.9 Å². The first-order chi connectivity index (χ1) is 13.0. The molecule has 0 spiro atoms. The molecule has 1 atom stereocenters. The smallest absolute Gasteiger partial charge is 0.191 e. The van der Waals surface area contributed by atoms with Gasteiger partial charge in [-0.3, -0.25) is 0 Å². The molecule has 2 aromatic rings. The lowest BCUT2D eigenvalue weighted by Crippen LogP contribution is -2.42. The number of aliphatic hydroxyl groups is 1. The van der Waals surface area contributed by atoms with Crippen molar-refractivity contribution < 1.29 is 18.6 Å². The molecular weight excluding hydrogens is 479 g/mol. The van der Waals surface area contributed by atoms with Gasteiger partial charge < -0.3 is 20.5 Å². The predicted octanol–water partition coefficient (Wildman–Crippen LogP) is 3.39. The largest absolute Gasteiger partial charge is 0.491 e. The molecular formula is C20H26F2IN3O2. The molecule has 0 aliphatic rings. The van der Waals surface area contributed by atoms with E-state index < -0.39 is 6.10 Å². The third-order valence-corrected chi connectivity index (χ3v) is 3.75. The lowest BCUT2D eigenvalue weighted by molar-refractivity contribution is 0.110. The molecule has 0 aromatic heterocycles. The van der Waals surface area contributed by atoms with Gasteiger partial charge >= 0.3 is 0 Å². The van der Waals surface area contributed by atoms with E-state index in [1.165, 1.54) is 30.3 Å². The molecule has 0 bridgehead atoms. The number of rotatable bonds is 8. The van der Waals surface area contributed by atoms with E-state index in [1.54, 1.807) is 19.1 Å². The summed E-state index contributed by atoms with van der Waals surface area (Å²) in [5.74, 6) is 0.451. The van der Waals surface area contributed by atoms with Crippen molar-refractivity contribution in [3.05, 3.63) is 65.2 Å². The topological polar surface area (TPSA) is 65.9 Å². The Labute approximate surface area is 181 Å². The van der Waals surface area contributed by atoms with Crippen molar-refractivity contribution in [3.63, 3.8) is 0 Å². The van der Waals surface area contributed by atoms with Gasteiger partial charge in [-0.15, -0.1) is 24.0 Å². The lowest BCUT2D eigenvalue weighted by Gasteiger charge is -2.16. The average molecular weight is 505 g/mol. The number of nitrogens with zero attached hydrogens (tertiary/aromatic N) is 1. The summed E-state index contributed by atoms with van der Waals surface area (Å²) in [4.78, 5) is 4.43. The van der Waals surface area contributed by atoms with E-state index in [0.29, 0.717) is 30.4 Å². The number of aliphatic imine (C=N–C) groups is 1. The van der Waals surface area contributed by atoms with Crippen LogP contribution in [0.1, 0.15) is 18.1 Å². The summed E-state index contributed by atoms with van der Waals surface area (Å²) in [6.45, 7) is 5.00. The second-order valence-electron chi connectivity index (χ2n) is 6.08. The van der Waals surface area contributed by atoms with Gasteiger partial charge in [0.05, 0.1) is 6.54 Å². The Morgan fingerprint density at radius 2 is 1.86 bits per heavy atom. The van der Waals surface area contributed by atoms with E-state index >= 15 is 0 Å². The number of guanidine groups is 1. The molecule has 2 rings (SSSR count). The van der Waals surface area contributed by atoms with Gasteiger partial charge in [0.25, 0.3) is 0 Å². The molecule has 0 radical (unpaired) electrons. The van der Waals surface area contributed by atoms with Crippen LogP contribution in [0.3, 0.4) is 0 Å². The van der Waals surface area contributed by atoms with Gasteiger partial charge in [0.2, 0.25) is 0 Å². The molecule has 0 saturated heterocycles. The minimum Gasteiger partial charge on any atom is -0.491 e. The summed E-state index contributed by atoms with van der Waals surface area (Å²) < 4.78 is 31.6. The first kappa shape index (κ1) is 24.1. The Morgan fingerprint density at radius 1 is 1.14 bits per heavy atom. The lowest BCUT2D eigenvalue weighted by atomic mass is 10.1. The fraction of sp³-hybridized carbons (Fsp3) is 0.350. The van der Waals surface area contributed by atoms with Crippen LogP contribution >= 0.6 is 24.0 Å². The van der Waals surface area contributed by atoms with Crippen LogP contribution in [0, 0.1) is 18.6 Å². The summed E-state index contributed by atoms with van der Waals surface area (Å²) >= 11 is 0. The maximum absolute atomic E-state index is 13.3. The zero-order valence-corrected chi connectivity index (χ0v) is 18.2. The SMILES string of the molecule is CCNC(=NCc1ccc(F)c(C)c1)NCC(O)COc1ccc(F)cc1.I. The summed E-state index contributed by atoms with van der Waals surface area (Å²) in [5, 5.41) is 16.2. The number of hydrogen-bond acceptors (Lipinski definition) is 3. The molecule has 0 fully saturated rings. The van der Waals surface area contributed by atoms with E-state index in [1.807, 2.05) is 6.92 Å². The Bertz CT molecular complexity index is 758. The molecule has 0 heterocycles. The van der Waals surface area contributed by atoms with Gasteiger partial charge in [-0.2, -0.15) is 0 Å². The zero-order chi connectivity index (χ0) is 19.6. The predicted molar refractivity (Wildman–Crippen MR) is 117 cm³/mol. The van der Waals surface area contributed by atoms with Crippen LogP contribution in [0.5, 0.6) is 5.75 Å². The van der Waals surface area contributed by atoms with Crippen molar-refractivity contribution in [1.29, 1.82) is 0 Å². The number of ether oxygens (including phenoxy) is 1. The van der Waals surface area contributed by atoms with E-state index in [-0.39, 0.29) is 48.8 Å². The van der Waals surface area contributed by atoms with E-state index in [2.05, 4.69) is 15.6 Å². The van der Waals surface area contributed by atoms with Gasteiger partial charge in [-0.1, -0.05) is 12.1 Å². The average Bonchev–Trinajstić information content (AvgIpc) is 2.66. The number of halogens is 3. The molecule has 0 aliphatic heterocycles. The molecule has 8 heteroatoms. The van der Waals surface area contributed by atoms with Gasteiger partial charge in [-0.05, 0) is 55.3 Å². The minimum absolute atomic E-state index is 0. The molecule has 5 nitrogen and oxygen atoms in total. The fourth-order valence-corrected chi connectivity index (χ4v) is 2.31. The van der Waals surface area contributed by atoms with Gasteiger partial charge in [0.15, 0.2) is 5.96 Å². The number of hydrogen-bond donors (Lipinski definition) is 3. The Hall–Kier alpha value is -1.94. The molecule has 3 N–H and O–H groups in total. The minimum atomic E-state index is -0.771. The molecule has 28 heavy (non-hydrogen) atoms. The summed E-state index contributed by atoms with van der Waals surface area (Å²) in [6, 6.07) is 10.5. The van der Waals surface area contributed by atoms with Crippen LogP contribution in [0.4, 0.5) is 8.78 Å². The van der Waals surface area contributed by atoms with E-state index in [4.69, 9.17) is 4.74 Å². The van der Waals surface area contributed by atoms with Crippen LogP contribution in [0.25, 0.3) is 0 Å². The van der Waals surface area contributed by atoms with Gasteiger partial charge in [0.1, 0.15) is 30.1 Å². The standard InChI is InChI=1S/C20H25F2N3O2.HI/c1-3-23-20(24-11-15-4-9-19(22)14(2)10-15)25-12-17(26)13-27-18-7-5-16(21)6-8-18;/h4-10,17,26H,3,11-13H2,1-2H3,(H2,23,24,25);1H. The summed E-state index contributed by atoms with van der Waals surface area (Å²) in [5.41, 5.74) is 1.47. The normalized spacial score (nSPS) is 12.1. The highest BCUT2D eigenvalue weighted by atomic mass is 127. The van der Waals surface area contributed by atoms with Crippen molar-refractivity contribution in [2.24, 2.45) is 4.99 Å². The number of aliphatic hydroxyl groups excluding tert-OH is 1. The highest BCUT2D eigenvalue weighted by Gasteiger charge is 2.07. The van der Waals surface area contributed by atoms with Crippen LogP contribution in [0.2, 0.25) is 0 Å². The number of aryl methyl sites for hydroxylation is 1. The number of benzene rings is 2. The van der Waals surface area contributed by atoms with Crippen molar-refractivity contribution >= 4 is 29.9 Å². The van der Waals surface area contributed by atoms with Crippen LogP contribution in [0.15, 0.2) is 47.5 Å². The highest BCUT2D eigenvalue weighted by Crippen LogP contribution is 2.11. The molecule has 0 amide bonds. The van der Waals surface area contributed by atoms with Crippen molar-refractivity contribution in [2.45, 2.75) is 26.5 Å².